The van der Waals surface area contributed by atoms with Crippen LogP contribution in [0.1, 0.15) is 23.6 Å². The molecule has 7 nitrogen and oxygen atoms in total. The lowest BCUT2D eigenvalue weighted by molar-refractivity contribution is -0.318. The van der Waals surface area contributed by atoms with E-state index in [1.165, 1.54) is 0 Å². The summed E-state index contributed by atoms with van der Waals surface area (Å²) in [4.78, 5) is 0. The molecule has 7 heteroatoms. The molecule has 3 aromatic carbocycles. The van der Waals surface area contributed by atoms with Gasteiger partial charge in [0.05, 0.1) is 33.0 Å². The van der Waals surface area contributed by atoms with Gasteiger partial charge < -0.3 is 34.1 Å². The fourth-order valence-corrected chi connectivity index (χ4v) is 4.63. The van der Waals surface area contributed by atoms with Crippen LogP contribution in [0.25, 0.3) is 0 Å². The van der Waals surface area contributed by atoms with Gasteiger partial charge in [0.1, 0.15) is 24.4 Å². The Labute approximate surface area is 224 Å². The predicted molar refractivity (Wildman–Crippen MR) is 143 cm³/mol. The fourth-order valence-electron chi connectivity index (χ4n) is 4.63. The van der Waals surface area contributed by atoms with Gasteiger partial charge in [0, 0.05) is 12.1 Å². The molecule has 2 saturated heterocycles. The van der Waals surface area contributed by atoms with E-state index in [9.17, 15) is 5.11 Å². The smallest absolute Gasteiger partial charge is 0.186 e. The number of benzene rings is 3. The lowest BCUT2D eigenvalue weighted by atomic mass is 9.98. The van der Waals surface area contributed by atoms with Crippen molar-refractivity contribution in [3.8, 4) is 0 Å². The van der Waals surface area contributed by atoms with Crippen molar-refractivity contribution in [1.82, 2.24) is 5.32 Å². The van der Waals surface area contributed by atoms with Crippen molar-refractivity contribution >= 4 is 0 Å². The molecule has 0 saturated carbocycles. The quantitative estimate of drug-likeness (QED) is 0.332. The standard InChI is InChI=1S/C31H37NO6/c1-22-26(32-22)20-37-31-28(33)30(36-19-25-15-9-4-10-16-25)29(35-18-24-13-7-3-8-14-24)27(38-31)21-34-17-23-11-5-2-6-12-23/h2-16,22,26-33H,17-21H2,1H3/t22-,26-,27-,28-,29-,30-,31-/m1/s1. The molecule has 202 valence electrons. The Kier molecular flexibility index (Phi) is 9.54. The molecule has 0 bridgehead atoms. The SMILES string of the molecule is C[C@H]1N[C@@H]1CO[C@@H]1O[C@H](COCc2ccccc2)[C@@H](OCc2ccccc2)[C@H](OCc2ccccc2)[C@H]1O. The van der Waals surface area contributed by atoms with Crippen molar-refractivity contribution in [1.29, 1.82) is 0 Å². The van der Waals surface area contributed by atoms with Crippen molar-refractivity contribution in [3.63, 3.8) is 0 Å². The molecule has 2 aliphatic rings. The maximum atomic E-state index is 11.4. The second-order valence-corrected chi connectivity index (χ2v) is 9.95. The Morgan fingerprint density at radius 2 is 1.18 bits per heavy atom. The number of ether oxygens (including phenoxy) is 5. The molecule has 2 fully saturated rings. The van der Waals surface area contributed by atoms with E-state index < -0.39 is 30.7 Å². The van der Waals surface area contributed by atoms with Crippen LogP contribution in [0.2, 0.25) is 0 Å². The highest BCUT2D eigenvalue weighted by molar-refractivity contribution is 5.15. The molecule has 38 heavy (non-hydrogen) atoms. The maximum absolute atomic E-state index is 11.4. The molecular weight excluding hydrogens is 482 g/mol. The average Bonchev–Trinajstić information content (AvgIpc) is 3.67. The highest BCUT2D eigenvalue weighted by atomic mass is 16.7. The number of aliphatic hydroxyl groups is 1. The summed E-state index contributed by atoms with van der Waals surface area (Å²) in [6.45, 7) is 3.95. The molecule has 2 N–H and O–H groups in total. The first kappa shape index (κ1) is 27.0. The zero-order chi connectivity index (χ0) is 26.2. The van der Waals surface area contributed by atoms with E-state index in [2.05, 4.69) is 12.2 Å². The van der Waals surface area contributed by atoms with Crippen LogP contribution in [0.3, 0.4) is 0 Å². The van der Waals surface area contributed by atoms with Crippen LogP contribution >= 0.6 is 0 Å². The second kappa shape index (κ2) is 13.4. The summed E-state index contributed by atoms with van der Waals surface area (Å²) >= 11 is 0. The molecule has 2 heterocycles. The Morgan fingerprint density at radius 3 is 1.71 bits per heavy atom. The van der Waals surface area contributed by atoms with Gasteiger partial charge >= 0.3 is 0 Å². The number of hydrogen-bond acceptors (Lipinski definition) is 7. The summed E-state index contributed by atoms with van der Waals surface area (Å²) in [5.41, 5.74) is 3.11. The molecule has 0 aromatic heterocycles. The van der Waals surface area contributed by atoms with E-state index in [1.807, 2.05) is 91.0 Å². The highest BCUT2D eigenvalue weighted by Gasteiger charge is 2.48. The second-order valence-electron chi connectivity index (χ2n) is 9.95. The topological polar surface area (TPSA) is 88.3 Å². The first-order valence-electron chi connectivity index (χ1n) is 13.3. The Balaban J connectivity index is 1.32. The normalized spacial score (nSPS) is 28.7. The third-order valence-corrected chi connectivity index (χ3v) is 6.99. The van der Waals surface area contributed by atoms with Crippen LogP contribution in [-0.4, -0.2) is 61.1 Å². The first-order chi connectivity index (χ1) is 18.7. The average molecular weight is 520 g/mol. The minimum Gasteiger partial charge on any atom is -0.385 e. The van der Waals surface area contributed by atoms with Gasteiger partial charge in [0.2, 0.25) is 0 Å². The Morgan fingerprint density at radius 1 is 0.684 bits per heavy atom. The van der Waals surface area contributed by atoms with Gasteiger partial charge in [-0.1, -0.05) is 91.0 Å². The van der Waals surface area contributed by atoms with Crippen LogP contribution in [0, 0.1) is 0 Å². The highest BCUT2D eigenvalue weighted by Crippen LogP contribution is 2.29. The van der Waals surface area contributed by atoms with Gasteiger partial charge in [-0.25, -0.2) is 0 Å². The van der Waals surface area contributed by atoms with Gasteiger partial charge in [-0.15, -0.1) is 0 Å². The number of rotatable bonds is 13. The molecule has 5 rings (SSSR count). The maximum Gasteiger partial charge on any atom is 0.186 e. The minimum atomic E-state index is -1.03. The first-order valence-corrected chi connectivity index (χ1v) is 13.3. The monoisotopic (exact) mass is 519 g/mol. The van der Waals surface area contributed by atoms with Gasteiger partial charge in [-0.2, -0.15) is 0 Å². The summed E-state index contributed by atoms with van der Waals surface area (Å²) in [7, 11) is 0. The zero-order valence-electron chi connectivity index (χ0n) is 21.7. The summed E-state index contributed by atoms with van der Waals surface area (Å²) in [6.07, 6.45) is -3.62. The van der Waals surface area contributed by atoms with E-state index >= 15 is 0 Å². The van der Waals surface area contributed by atoms with Gasteiger partial charge in [0.25, 0.3) is 0 Å². The van der Waals surface area contributed by atoms with Gasteiger partial charge in [-0.3, -0.25) is 0 Å². The molecular formula is C31H37NO6. The van der Waals surface area contributed by atoms with Crippen LogP contribution in [-0.2, 0) is 43.5 Å². The van der Waals surface area contributed by atoms with Crippen molar-refractivity contribution in [2.24, 2.45) is 0 Å². The summed E-state index contributed by atoms with van der Waals surface area (Å²) in [5, 5.41) is 14.7. The predicted octanol–water partition coefficient (Wildman–Crippen LogP) is 3.84. The largest absolute Gasteiger partial charge is 0.385 e. The molecule has 0 radical (unpaired) electrons. The summed E-state index contributed by atoms with van der Waals surface area (Å²) in [5.74, 6) is 0. The van der Waals surface area contributed by atoms with Crippen molar-refractivity contribution in [3.05, 3.63) is 108 Å². The zero-order valence-corrected chi connectivity index (χ0v) is 21.7. The molecule has 0 amide bonds. The van der Waals surface area contributed by atoms with Gasteiger partial charge in [0.15, 0.2) is 6.29 Å². The molecule has 2 aliphatic heterocycles. The van der Waals surface area contributed by atoms with Crippen LogP contribution in [0.5, 0.6) is 0 Å². The van der Waals surface area contributed by atoms with E-state index in [0.29, 0.717) is 32.5 Å². The van der Waals surface area contributed by atoms with E-state index in [0.717, 1.165) is 16.7 Å². The van der Waals surface area contributed by atoms with E-state index in [4.69, 9.17) is 23.7 Å². The lowest BCUT2D eigenvalue weighted by Gasteiger charge is -2.44. The Hall–Kier alpha value is -2.62. The minimum absolute atomic E-state index is 0.259. The molecule has 0 unspecified atom stereocenters. The number of hydrogen-bond donors (Lipinski definition) is 2. The van der Waals surface area contributed by atoms with E-state index in [1.54, 1.807) is 0 Å². The van der Waals surface area contributed by atoms with Crippen LogP contribution in [0.15, 0.2) is 91.0 Å². The fraction of sp³-hybridized carbons (Fsp3) is 0.419. The molecule has 7 atom stereocenters. The molecule has 0 aliphatic carbocycles. The summed E-state index contributed by atoms with van der Waals surface area (Å²) in [6, 6.07) is 30.5. The summed E-state index contributed by atoms with van der Waals surface area (Å²) < 4.78 is 31.2. The van der Waals surface area contributed by atoms with E-state index in [-0.39, 0.29) is 12.6 Å². The van der Waals surface area contributed by atoms with Gasteiger partial charge in [-0.05, 0) is 23.6 Å². The van der Waals surface area contributed by atoms with Crippen LogP contribution < -0.4 is 5.32 Å². The number of aliphatic hydroxyl groups excluding tert-OH is 1. The number of nitrogens with one attached hydrogen (secondary N) is 1. The van der Waals surface area contributed by atoms with Crippen molar-refractivity contribution < 1.29 is 28.8 Å². The molecule has 0 spiro atoms. The lowest BCUT2D eigenvalue weighted by Crippen LogP contribution is -2.61. The Bertz CT molecular complexity index is 1090. The molecule has 3 aromatic rings. The third-order valence-electron chi connectivity index (χ3n) is 6.99. The third kappa shape index (κ3) is 7.48. The van der Waals surface area contributed by atoms with Crippen LogP contribution in [0.4, 0.5) is 0 Å². The van der Waals surface area contributed by atoms with Crippen molar-refractivity contribution in [2.45, 2.75) is 69.5 Å². The van der Waals surface area contributed by atoms with Crippen molar-refractivity contribution in [2.75, 3.05) is 13.2 Å².